The first kappa shape index (κ1) is 23.6. The molecule has 0 aromatic heterocycles. The zero-order valence-electron chi connectivity index (χ0n) is 19.7. The molecule has 1 fully saturated rings. The van der Waals surface area contributed by atoms with E-state index in [2.05, 4.69) is 31.9 Å². The molecule has 36 heavy (non-hydrogen) atoms. The summed E-state index contributed by atoms with van der Waals surface area (Å²) in [6.07, 6.45) is 0. The highest BCUT2D eigenvalue weighted by Gasteiger charge is 2.72. The molecule has 0 radical (unpaired) electrons. The average Bonchev–Trinajstić information content (AvgIpc) is 3.16. The number of rotatable bonds is 4. The van der Waals surface area contributed by atoms with Crippen molar-refractivity contribution in [3.8, 4) is 0 Å². The van der Waals surface area contributed by atoms with Crippen LogP contribution in [0.15, 0.2) is 72.8 Å². The van der Waals surface area contributed by atoms with Crippen LogP contribution in [-0.2, 0) is 23.0 Å². The Morgan fingerprint density at radius 2 is 1.31 bits per heavy atom. The van der Waals surface area contributed by atoms with Crippen molar-refractivity contribution >= 4 is 55.3 Å². The minimum Gasteiger partial charge on any atom is -0.462 e. The monoisotopic (exact) mass is 607 g/mol. The zero-order chi connectivity index (χ0) is 25.4. The van der Waals surface area contributed by atoms with Gasteiger partial charge in [0.2, 0.25) is 11.8 Å². The summed E-state index contributed by atoms with van der Waals surface area (Å²) in [6, 6.07) is 22.5. The summed E-state index contributed by atoms with van der Waals surface area (Å²) in [6.45, 7) is 4.22. The van der Waals surface area contributed by atoms with E-state index in [1.807, 2.05) is 62.4 Å². The number of hydrogen-bond acceptors (Lipinski definition) is 4. The second-order valence-electron chi connectivity index (χ2n) is 10.0. The van der Waals surface area contributed by atoms with Gasteiger partial charge >= 0.3 is 5.97 Å². The van der Waals surface area contributed by atoms with E-state index >= 15 is 0 Å². The molecule has 7 rings (SSSR count). The second-order valence-corrected chi connectivity index (χ2v) is 12.5. The fraction of sp³-hybridized carbons (Fsp3) is 0.276. The summed E-state index contributed by atoms with van der Waals surface area (Å²) in [4.78, 5) is 42.2. The largest absolute Gasteiger partial charge is 0.462 e. The SMILES string of the molecule is CC(C)COC(=O)c1cccc(N2C(=O)[C@H]3[C@H](C2=O)C2(Br)c4ccccc4C3(Br)c3ccccc32)c1. The Morgan fingerprint density at radius 1 is 0.833 bits per heavy atom. The molecule has 5 nitrogen and oxygen atoms in total. The first-order valence-electron chi connectivity index (χ1n) is 11.9. The molecule has 4 aliphatic rings. The Labute approximate surface area is 226 Å². The highest BCUT2D eigenvalue weighted by Crippen LogP contribution is 2.70. The molecular weight excluding hydrogens is 586 g/mol. The van der Waals surface area contributed by atoms with Crippen molar-refractivity contribution < 1.29 is 19.1 Å². The Hall–Kier alpha value is -2.77. The molecule has 0 saturated carbocycles. The lowest BCUT2D eigenvalue weighted by atomic mass is 9.54. The number of benzene rings is 3. The van der Waals surface area contributed by atoms with Crippen LogP contribution < -0.4 is 4.90 Å². The third-order valence-electron chi connectivity index (χ3n) is 7.47. The number of hydrogen-bond donors (Lipinski definition) is 0. The minimum absolute atomic E-state index is 0.200. The molecule has 0 unspecified atom stereocenters. The molecule has 1 aliphatic heterocycles. The Balaban J connectivity index is 1.49. The van der Waals surface area contributed by atoms with Crippen LogP contribution in [0.1, 0.15) is 46.5 Å². The number of carbonyl (C=O) groups is 3. The molecule has 0 spiro atoms. The topological polar surface area (TPSA) is 63.7 Å². The number of ether oxygens (including phenoxy) is 1. The lowest BCUT2D eigenvalue weighted by Crippen LogP contribution is -2.56. The van der Waals surface area contributed by atoms with E-state index in [1.54, 1.807) is 24.3 Å². The van der Waals surface area contributed by atoms with Gasteiger partial charge in [0.05, 0.1) is 38.3 Å². The van der Waals surface area contributed by atoms with Crippen LogP contribution in [0.4, 0.5) is 5.69 Å². The first-order chi connectivity index (χ1) is 17.2. The predicted octanol–water partition coefficient (Wildman–Crippen LogP) is 5.91. The smallest absolute Gasteiger partial charge is 0.338 e. The van der Waals surface area contributed by atoms with E-state index in [1.165, 1.54) is 4.90 Å². The molecule has 182 valence electrons. The molecule has 0 N–H and O–H groups in total. The van der Waals surface area contributed by atoms with Gasteiger partial charge < -0.3 is 4.74 Å². The standard InChI is InChI=1S/C29H23Br2NO4/c1-16(2)15-36-27(35)17-8-7-9-18(14-17)32-25(33)23-24(26(32)34)29(31)20-11-4-3-10-19(20)28(23,30)21-12-5-6-13-22(21)29/h3-14,16,23-24H,15H2,1-2H3/t23-,24-,28?,29?/m1/s1. The van der Waals surface area contributed by atoms with E-state index in [0.29, 0.717) is 17.9 Å². The van der Waals surface area contributed by atoms with Crippen molar-refractivity contribution in [3.63, 3.8) is 0 Å². The molecule has 7 heteroatoms. The predicted molar refractivity (Wildman–Crippen MR) is 143 cm³/mol. The summed E-state index contributed by atoms with van der Waals surface area (Å²) >= 11 is 8.01. The number of imide groups is 1. The lowest BCUT2D eigenvalue weighted by molar-refractivity contribution is -0.122. The Morgan fingerprint density at radius 3 is 1.75 bits per heavy atom. The van der Waals surface area contributed by atoms with E-state index < -0.39 is 26.5 Å². The van der Waals surface area contributed by atoms with E-state index in [-0.39, 0.29) is 17.7 Å². The van der Waals surface area contributed by atoms with Crippen LogP contribution in [0, 0.1) is 17.8 Å². The number of alkyl halides is 2. The van der Waals surface area contributed by atoms with Crippen molar-refractivity contribution in [3.05, 3.63) is 101 Å². The number of halogens is 2. The van der Waals surface area contributed by atoms with Crippen molar-refractivity contribution in [1.29, 1.82) is 0 Å². The zero-order valence-corrected chi connectivity index (χ0v) is 22.9. The van der Waals surface area contributed by atoms with Crippen molar-refractivity contribution in [2.24, 2.45) is 17.8 Å². The van der Waals surface area contributed by atoms with Crippen LogP contribution in [0.25, 0.3) is 0 Å². The summed E-state index contributed by atoms with van der Waals surface area (Å²) in [5.41, 5.74) is 4.61. The number of anilines is 1. The van der Waals surface area contributed by atoms with Crippen LogP contribution in [-0.4, -0.2) is 24.4 Å². The third kappa shape index (κ3) is 2.96. The van der Waals surface area contributed by atoms with Gasteiger partial charge in [0.25, 0.3) is 0 Å². The van der Waals surface area contributed by atoms with Crippen LogP contribution >= 0.6 is 31.9 Å². The lowest BCUT2D eigenvalue weighted by Gasteiger charge is -2.55. The maximum absolute atomic E-state index is 14.1. The maximum atomic E-state index is 14.1. The van der Waals surface area contributed by atoms with Gasteiger partial charge in [-0.05, 0) is 46.4 Å². The molecule has 2 bridgehead atoms. The van der Waals surface area contributed by atoms with Crippen molar-refractivity contribution in [2.45, 2.75) is 22.5 Å². The summed E-state index contributed by atoms with van der Waals surface area (Å²) in [5, 5.41) is 0. The van der Waals surface area contributed by atoms with Gasteiger partial charge in [0, 0.05) is 0 Å². The van der Waals surface area contributed by atoms with Gasteiger partial charge in [-0.3, -0.25) is 9.59 Å². The number of amides is 2. The Kier molecular flexibility index (Phi) is 5.33. The van der Waals surface area contributed by atoms with Crippen molar-refractivity contribution in [2.75, 3.05) is 11.5 Å². The van der Waals surface area contributed by atoms with Crippen LogP contribution in [0.5, 0.6) is 0 Å². The van der Waals surface area contributed by atoms with Crippen LogP contribution in [0.2, 0.25) is 0 Å². The van der Waals surface area contributed by atoms with Gasteiger partial charge in [-0.15, -0.1) is 0 Å². The van der Waals surface area contributed by atoms with Crippen LogP contribution in [0.3, 0.4) is 0 Å². The van der Waals surface area contributed by atoms with Gasteiger partial charge in [-0.1, -0.05) is 100 Å². The number of esters is 1. The summed E-state index contributed by atoms with van der Waals surface area (Å²) < 4.78 is 3.67. The molecule has 3 aromatic rings. The fourth-order valence-corrected chi connectivity index (χ4v) is 8.32. The molecule has 3 aromatic carbocycles. The summed E-state index contributed by atoms with van der Waals surface area (Å²) in [7, 11) is 0. The molecule has 1 saturated heterocycles. The molecular formula is C29H23Br2NO4. The first-order valence-corrected chi connectivity index (χ1v) is 13.5. The molecule has 2 amide bonds. The van der Waals surface area contributed by atoms with E-state index in [9.17, 15) is 14.4 Å². The fourth-order valence-electron chi connectivity index (χ4n) is 6.02. The number of carbonyl (C=O) groups excluding carboxylic acids is 3. The van der Waals surface area contributed by atoms with Gasteiger partial charge in [-0.25, -0.2) is 9.69 Å². The van der Waals surface area contributed by atoms with Gasteiger partial charge in [0.15, 0.2) is 0 Å². The highest BCUT2D eigenvalue weighted by molar-refractivity contribution is 9.10. The van der Waals surface area contributed by atoms with E-state index in [4.69, 9.17) is 4.74 Å². The maximum Gasteiger partial charge on any atom is 0.338 e. The second kappa shape index (κ2) is 8.12. The molecule has 1 heterocycles. The van der Waals surface area contributed by atoms with Gasteiger partial charge in [-0.2, -0.15) is 0 Å². The molecule has 2 atom stereocenters. The normalized spacial score (nSPS) is 27.6. The summed E-state index contributed by atoms with van der Waals surface area (Å²) in [5.74, 6) is -2.18. The van der Waals surface area contributed by atoms with E-state index in [0.717, 1.165) is 22.3 Å². The Bertz CT molecular complexity index is 1330. The van der Waals surface area contributed by atoms with Crippen molar-refractivity contribution in [1.82, 2.24) is 0 Å². The van der Waals surface area contributed by atoms with Gasteiger partial charge in [0.1, 0.15) is 0 Å². The quantitative estimate of drug-likeness (QED) is 0.210. The molecule has 3 aliphatic carbocycles. The third-order valence-corrected chi connectivity index (χ3v) is 10.2. The minimum atomic E-state index is -0.852. The average molecular weight is 609 g/mol. The number of nitrogens with zero attached hydrogens (tertiary/aromatic N) is 1. The highest BCUT2D eigenvalue weighted by atomic mass is 79.9.